The predicted molar refractivity (Wildman–Crippen MR) is 74.9 cm³/mol. The van der Waals surface area contributed by atoms with Crippen molar-refractivity contribution in [2.24, 2.45) is 0 Å². The molecule has 1 aromatic heterocycles. The van der Waals surface area contributed by atoms with Gasteiger partial charge >= 0.3 is 0 Å². The lowest BCUT2D eigenvalue weighted by atomic mass is 10.2. The second kappa shape index (κ2) is 5.56. The quantitative estimate of drug-likeness (QED) is 0.834. The number of aryl methyl sites for hydroxylation is 1. The smallest absolute Gasteiger partial charge is 0.251 e. The highest BCUT2D eigenvalue weighted by Crippen LogP contribution is 2.19. The minimum Gasteiger partial charge on any atom is -0.397 e. The number of nitrogens with two attached hydrogens (primary N) is 1. The summed E-state index contributed by atoms with van der Waals surface area (Å²) in [5.41, 5.74) is 6.49. The van der Waals surface area contributed by atoms with Crippen LogP contribution in [-0.2, 0) is 11.3 Å². The molecule has 0 aliphatic carbocycles. The topological polar surface area (TPSA) is 77.1 Å². The highest BCUT2D eigenvalue weighted by atomic mass is 19.1. The third-order valence-electron chi connectivity index (χ3n) is 2.86. The zero-order valence-corrected chi connectivity index (χ0v) is 10.9. The van der Waals surface area contributed by atoms with Gasteiger partial charge in [0.25, 0.3) is 5.56 Å². The van der Waals surface area contributed by atoms with Crippen LogP contribution in [0.15, 0.2) is 41.2 Å². The standard InChI is InChI=1S/C14H14FN3O2/c1-9-3-2-4-14(20)18(9)8-13(19)17-12-7-10(15)5-6-11(12)16/h2-7H,8,16H2,1H3,(H,17,19). The number of nitrogens with zero attached hydrogens (tertiary/aromatic N) is 1. The van der Waals surface area contributed by atoms with Crippen LogP contribution in [0.5, 0.6) is 0 Å². The first-order chi connectivity index (χ1) is 9.47. The molecule has 0 spiro atoms. The van der Waals surface area contributed by atoms with Crippen LogP contribution < -0.4 is 16.6 Å². The van der Waals surface area contributed by atoms with Crippen LogP contribution in [0.1, 0.15) is 5.69 Å². The lowest BCUT2D eigenvalue weighted by Gasteiger charge is -2.11. The number of rotatable bonds is 3. The molecule has 0 radical (unpaired) electrons. The van der Waals surface area contributed by atoms with Crippen LogP contribution in [0.2, 0.25) is 0 Å². The molecule has 6 heteroatoms. The Labute approximate surface area is 114 Å². The molecule has 1 heterocycles. The lowest BCUT2D eigenvalue weighted by Crippen LogP contribution is -2.28. The molecule has 2 rings (SSSR count). The van der Waals surface area contributed by atoms with E-state index in [1.54, 1.807) is 19.1 Å². The van der Waals surface area contributed by atoms with E-state index in [1.807, 2.05) is 0 Å². The van der Waals surface area contributed by atoms with Gasteiger partial charge in [-0.2, -0.15) is 0 Å². The number of halogens is 1. The highest BCUT2D eigenvalue weighted by molar-refractivity contribution is 5.93. The van der Waals surface area contributed by atoms with E-state index in [1.165, 1.54) is 22.8 Å². The van der Waals surface area contributed by atoms with Gasteiger partial charge in [-0.05, 0) is 31.2 Å². The van der Waals surface area contributed by atoms with Crippen LogP contribution in [-0.4, -0.2) is 10.5 Å². The normalized spacial score (nSPS) is 10.3. The second-order valence-electron chi connectivity index (χ2n) is 4.37. The molecule has 0 aliphatic heterocycles. The molecule has 5 nitrogen and oxygen atoms in total. The van der Waals surface area contributed by atoms with Crippen LogP contribution in [0, 0.1) is 12.7 Å². The average Bonchev–Trinajstić information content (AvgIpc) is 2.38. The number of hydrogen-bond acceptors (Lipinski definition) is 3. The van der Waals surface area contributed by atoms with Gasteiger partial charge in [0, 0.05) is 11.8 Å². The van der Waals surface area contributed by atoms with Gasteiger partial charge in [0.1, 0.15) is 12.4 Å². The van der Waals surface area contributed by atoms with Crippen molar-refractivity contribution >= 4 is 17.3 Å². The predicted octanol–water partition coefficient (Wildman–Crippen LogP) is 1.52. The summed E-state index contributed by atoms with van der Waals surface area (Å²) in [5, 5.41) is 2.49. The molecule has 0 fully saturated rings. The molecule has 2 aromatic rings. The van der Waals surface area contributed by atoms with Crippen molar-refractivity contribution in [3.05, 3.63) is 58.3 Å². The first-order valence-electron chi connectivity index (χ1n) is 5.98. The number of nitrogens with one attached hydrogen (secondary N) is 1. The van der Waals surface area contributed by atoms with Crippen LogP contribution in [0.25, 0.3) is 0 Å². The van der Waals surface area contributed by atoms with Crippen molar-refractivity contribution in [3.63, 3.8) is 0 Å². The van der Waals surface area contributed by atoms with Crippen molar-refractivity contribution < 1.29 is 9.18 Å². The Morgan fingerprint density at radius 1 is 1.35 bits per heavy atom. The Kier molecular flexibility index (Phi) is 3.84. The van der Waals surface area contributed by atoms with E-state index in [2.05, 4.69) is 5.32 Å². The molecule has 1 amide bonds. The van der Waals surface area contributed by atoms with Gasteiger partial charge in [-0.15, -0.1) is 0 Å². The van der Waals surface area contributed by atoms with Gasteiger partial charge in [0.15, 0.2) is 0 Å². The zero-order valence-electron chi connectivity index (χ0n) is 10.9. The molecule has 1 aromatic carbocycles. The van der Waals surface area contributed by atoms with E-state index in [-0.39, 0.29) is 23.5 Å². The van der Waals surface area contributed by atoms with Crippen molar-refractivity contribution in [2.75, 3.05) is 11.1 Å². The monoisotopic (exact) mass is 275 g/mol. The van der Waals surface area contributed by atoms with E-state index >= 15 is 0 Å². The molecule has 0 saturated carbocycles. The van der Waals surface area contributed by atoms with Gasteiger partial charge in [0.2, 0.25) is 5.91 Å². The van der Waals surface area contributed by atoms with Gasteiger partial charge in [0.05, 0.1) is 11.4 Å². The molecule has 20 heavy (non-hydrogen) atoms. The van der Waals surface area contributed by atoms with E-state index in [9.17, 15) is 14.0 Å². The fraction of sp³-hybridized carbons (Fsp3) is 0.143. The third kappa shape index (κ3) is 3.03. The maximum atomic E-state index is 13.1. The van der Waals surface area contributed by atoms with Gasteiger partial charge in [-0.3, -0.25) is 9.59 Å². The summed E-state index contributed by atoms with van der Waals surface area (Å²) in [7, 11) is 0. The number of pyridine rings is 1. The lowest BCUT2D eigenvalue weighted by molar-refractivity contribution is -0.116. The second-order valence-corrected chi connectivity index (χ2v) is 4.37. The molecule has 104 valence electrons. The molecule has 0 bridgehead atoms. The third-order valence-corrected chi connectivity index (χ3v) is 2.86. The van der Waals surface area contributed by atoms with Crippen molar-refractivity contribution in [3.8, 4) is 0 Å². The zero-order chi connectivity index (χ0) is 14.7. The molecule has 0 aliphatic rings. The van der Waals surface area contributed by atoms with E-state index in [0.717, 1.165) is 6.07 Å². The summed E-state index contributed by atoms with van der Waals surface area (Å²) < 4.78 is 14.4. The number of aromatic nitrogens is 1. The molecule has 0 atom stereocenters. The van der Waals surface area contributed by atoms with Crippen LogP contribution >= 0.6 is 0 Å². The van der Waals surface area contributed by atoms with Crippen LogP contribution in [0.4, 0.5) is 15.8 Å². The van der Waals surface area contributed by atoms with Gasteiger partial charge < -0.3 is 15.6 Å². The van der Waals surface area contributed by atoms with E-state index in [0.29, 0.717) is 5.69 Å². The van der Waals surface area contributed by atoms with Crippen molar-refractivity contribution in [2.45, 2.75) is 13.5 Å². The summed E-state index contributed by atoms with van der Waals surface area (Å²) in [6.45, 7) is 1.58. The number of carbonyl (C=O) groups is 1. The molecule has 0 unspecified atom stereocenters. The Morgan fingerprint density at radius 3 is 2.80 bits per heavy atom. The first-order valence-corrected chi connectivity index (χ1v) is 5.98. The maximum absolute atomic E-state index is 13.1. The molecule has 3 N–H and O–H groups in total. The van der Waals surface area contributed by atoms with Crippen LogP contribution in [0.3, 0.4) is 0 Å². The Balaban J connectivity index is 2.17. The summed E-state index contributed by atoms with van der Waals surface area (Å²) in [6.07, 6.45) is 0. The highest BCUT2D eigenvalue weighted by Gasteiger charge is 2.09. The van der Waals surface area contributed by atoms with Gasteiger partial charge in [-0.25, -0.2) is 4.39 Å². The number of nitrogen functional groups attached to an aromatic ring is 1. The SMILES string of the molecule is Cc1cccc(=O)n1CC(=O)Nc1cc(F)ccc1N. The Bertz CT molecular complexity index is 710. The number of hydrogen-bond donors (Lipinski definition) is 2. The van der Waals surface area contributed by atoms with E-state index < -0.39 is 11.7 Å². The average molecular weight is 275 g/mol. The molecule has 0 saturated heterocycles. The number of carbonyl (C=O) groups excluding carboxylic acids is 1. The van der Waals surface area contributed by atoms with Crippen molar-refractivity contribution in [1.82, 2.24) is 4.57 Å². The Morgan fingerprint density at radius 2 is 2.10 bits per heavy atom. The van der Waals surface area contributed by atoms with Crippen molar-refractivity contribution in [1.29, 1.82) is 0 Å². The maximum Gasteiger partial charge on any atom is 0.251 e. The summed E-state index contributed by atoms with van der Waals surface area (Å²) in [6, 6.07) is 8.42. The minimum absolute atomic E-state index is 0.151. The first kappa shape index (κ1) is 13.8. The minimum atomic E-state index is -0.498. The van der Waals surface area contributed by atoms with E-state index in [4.69, 9.17) is 5.73 Å². The molecular formula is C14H14FN3O2. The van der Waals surface area contributed by atoms with Gasteiger partial charge in [-0.1, -0.05) is 6.07 Å². The molecular weight excluding hydrogens is 261 g/mol. The fourth-order valence-electron chi connectivity index (χ4n) is 1.80. The number of anilines is 2. The largest absolute Gasteiger partial charge is 0.397 e. The summed E-state index contributed by atoms with van der Waals surface area (Å²) in [5.74, 6) is -0.943. The fourth-order valence-corrected chi connectivity index (χ4v) is 1.80. The number of amides is 1. The Hall–Kier alpha value is -2.63. The summed E-state index contributed by atoms with van der Waals surface area (Å²) >= 11 is 0. The number of benzene rings is 1. The summed E-state index contributed by atoms with van der Waals surface area (Å²) in [4.78, 5) is 23.5.